The molecule has 124 valence electrons. The van der Waals surface area contributed by atoms with Crippen molar-refractivity contribution < 1.29 is 0 Å². The monoisotopic (exact) mass is 337 g/mol. The van der Waals surface area contributed by atoms with Gasteiger partial charge in [-0.3, -0.25) is 5.43 Å². The van der Waals surface area contributed by atoms with Crippen LogP contribution in [0.25, 0.3) is 11.3 Å². The average Bonchev–Trinajstić information content (AvgIpc) is 3.29. The van der Waals surface area contributed by atoms with Gasteiger partial charge in [0.1, 0.15) is 0 Å². The first kappa shape index (κ1) is 15.6. The molecule has 2 atom stereocenters. The van der Waals surface area contributed by atoms with Gasteiger partial charge in [0.25, 0.3) is 0 Å². The summed E-state index contributed by atoms with van der Waals surface area (Å²) in [6, 6.07) is 10.2. The van der Waals surface area contributed by atoms with Crippen molar-refractivity contribution in [1.82, 2.24) is 4.98 Å². The van der Waals surface area contributed by atoms with Crippen LogP contribution in [0.1, 0.15) is 33.1 Å². The molecule has 1 aromatic carbocycles. The van der Waals surface area contributed by atoms with E-state index < -0.39 is 0 Å². The second kappa shape index (κ2) is 6.17. The van der Waals surface area contributed by atoms with E-state index in [2.05, 4.69) is 52.9 Å². The van der Waals surface area contributed by atoms with E-state index in [1.54, 1.807) is 16.9 Å². The zero-order valence-electron chi connectivity index (χ0n) is 14.2. The molecule has 0 radical (unpaired) electrons. The molecule has 1 aromatic heterocycles. The van der Waals surface area contributed by atoms with Gasteiger partial charge in [0.05, 0.1) is 5.69 Å². The molecule has 2 aliphatic carbocycles. The molecule has 0 aliphatic heterocycles. The molecular formula is C20H23N3S. The zero-order chi connectivity index (χ0) is 16.6. The van der Waals surface area contributed by atoms with Gasteiger partial charge in [0.15, 0.2) is 0 Å². The Kier molecular flexibility index (Phi) is 4.01. The van der Waals surface area contributed by atoms with Gasteiger partial charge in [-0.05, 0) is 42.6 Å². The summed E-state index contributed by atoms with van der Waals surface area (Å²) < 4.78 is 0. The number of nitrogens with zero attached hydrogens (tertiary/aromatic N) is 2. The molecule has 0 saturated heterocycles. The summed E-state index contributed by atoms with van der Waals surface area (Å²) in [6.45, 7) is 4.77. The van der Waals surface area contributed by atoms with E-state index in [0.717, 1.165) is 28.2 Å². The maximum absolute atomic E-state index is 4.59. The van der Waals surface area contributed by atoms with Crippen LogP contribution in [0.5, 0.6) is 0 Å². The Hall–Kier alpha value is -1.94. The van der Waals surface area contributed by atoms with Crippen LogP contribution in [0.15, 0.2) is 52.5 Å². The maximum Gasteiger partial charge on any atom is 0.203 e. The number of hydrazone groups is 1. The van der Waals surface area contributed by atoms with E-state index in [0.29, 0.717) is 5.41 Å². The lowest BCUT2D eigenvalue weighted by atomic mass is 9.73. The molecule has 0 spiro atoms. The summed E-state index contributed by atoms with van der Waals surface area (Å²) in [4.78, 5) is 4.59. The fourth-order valence-electron chi connectivity index (χ4n) is 4.31. The highest BCUT2D eigenvalue weighted by atomic mass is 32.1. The van der Waals surface area contributed by atoms with Gasteiger partial charge in [0.2, 0.25) is 5.13 Å². The van der Waals surface area contributed by atoms with Gasteiger partial charge >= 0.3 is 0 Å². The van der Waals surface area contributed by atoms with Crippen molar-refractivity contribution in [3.63, 3.8) is 0 Å². The summed E-state index contributed by atoms with van der Waals surface area (Å²) in [7, 11) is 0. The number of rotatable bonds is 4. The van der Waals surface area contributed by atoms with Crippen LogP contribution >= 0.6 is 11.3 Å². The summed E-state index contributed by atoms with van der Waals surface area (Å²) in [6.07, 6.45) is 8.25. The van der Waals surface area contributed by atoms with E-state index in [-0.39, 0.29) is 0 Å². The molecule has 2 fully saturated rings. The van der Waals surface area contributed by atoms with Crippen molar-refractivity contribution in [3.05, 3.63) is 47.4 Å². The summed E-state index contributed by atoms with van der Waals surface area (Å²) in [5, 5.41) is 7.25. The molecule has 2 saturated carbocycles. The lowest BCUT2D eigenvalue weighted by Gasteiger charge is -2.32. The molecule has 2 aliphatic rings. The lowest BCUT2D eigenvalue weighted by Crippen LogP contribution is -2.22. The minimum atomic E-state index is 0.344. The number of hydrogen-bond donors (Lipinski definition) is 1. The van der Waals surface area contributed by atoms with Crippen LogP contribution in [0.2, 0.25) is 0 Å². The van der Waals surface area contributed by atoms with Crippen molar-refractivity contribution in [2.45, 2.75) is 33.1 Å². The molecule has 1 heterocycles. The van der Waals surface area contributed by atoms with Crippen molar-refractivity contribution in [2.24, 2.45) is 22.4 Å². The third-order valence-corrected chi connectivity index (χ3v) is 6.45. The van der Waals surface area contributed by atoms with E-state index >= 15 is 0 Å². The Balaban J connectivity index is 1.42. The third-order valence-electron chi connectivity index (χ3n) is 5.70. The number of hydrogen-bond acceptors (Lipinski definition) is 4. The Labute approximate surface area is 147 Å². The van der Waals surface area contributed by atoms with E-state index in [4.69, 9.17) is 0 Å². The number of thiazole rings is 1. The fourth-order valence-corrected chi connectivity index (χ4v) is 4.98. The maximum atomic E-state index is 4.59. The largest absolute Gasteiger partial charge is 0.253 e. The van der Waals surface area contributed by atoms with Crippen LogP contribution in [-0.2, 0) is 0 Å². The first-order chi connectivity index (χ1) is 11.6. The molecular weight excluding hydrogens is 314 g/mol. The molecule has 0 amide bonds. The van der Waals surface area contributed by atoms with E-state index in [9.17, 15) is 0 Å². The van der Waals surface area contributed by atoms with Crippen molar-refractivity contribution in [1.29, 1.82) is 0 Å². The van der Waals surface area contributed by atoms with Crippen molar-refractivity contribution in [3.8, 4) is 11.3 Å². The van der Waals surface area contributed by atoms with E-state index in [1.165, 1.54) is 19.3 Å². The van der Waals surface area contributed by atoms with Gasteiger partial charge in [-0.15, -0.1) is 11.3 Å². The number of aromatic nitrogens is 1. The second-order valence-corrected chi connectivity index (χ2v) is 8.20. The van der Waals surface area contributed by atoms with Crippen molar-refractivity contribution >= 4 is 22.7 Å². The molecule has 24 heavy (non-hydrogen) atoms. The standard InChI is InChI=1S/C20H23N3S/c1-20(2)16-9-8-15(12-16)17(20)10-11-21-23-19-22-18(13-24-19)14-6-4-3-5-7-14/h3-7,10-11,13,15-16H,8-9,12H2,1-2H3,(H,22,23). The lowest BCUT2D eigenvalue weighted by molar-refractivity contribution is 0.288. The van der Waals surface area contributed by atoms with Gasteiger partial charge in [-0.25, -0.2) is 4.98 Å². The predicted molar refractivity (Wildman–Crippen MR) is 102 cm³/mol. The van der Waals surface area contributed by atoms with Crippen LogP contribution < -0.4 is 5.43 Å². The van der Waals surface area contributed by atoms with Crippen molar-refractivity contribution in [2.75, 3.05) is 5.43 Å². The molecule has 2 unspecified atom stereocenters. The Morgan fingerprint density at radius 2 is 2.08 bits per heavy atom. The zero-order valence-corrected chi connectivity index (χ0v) is 15.0. The summed E-state index contributed by atoms with van der Waals surface area (Å²) in [5.41, 5.74) is 7.11. The second-order valence-electron chi connectivity index (χ2n) is 7.34. The Morgan fingerprint density at radius 3 is 2.83 bits per heavy atom. The van der Waals surface area contributed by atoms with Crippen LogP contribution in [0.4, 0.5) is 5.13 Å². The summed E-state index contributed by atoms with van der Waals surface area (Å²) >= 11 is 1.58. The van der Waals surface area contributed by atoms with E-state index in [1.807, 2.05) is 24.4 Å². The molecule has 2 bridgehead atoms. The highest BCUT2D eigenvalue weighted by molar-refractivity contribution is 7.14. The fraction of sp³-hybridized carbons (Fsp3) is 0.400. The first-order valence-corrected chi connectivity index (χ1v) is 9.53. The van der Waals surface area contributed by atoms with Crippen LogP contribution in [0, 0.1) is 17.3 Å². The normalized spacial score (nSPS) is 26.5. The predicted octanol–water partition coefficient (Wildman–Crippen LogP) is 5.59. The minimum Gasteiger partial charge on any atom is -0.253 e. The third kappa shape index (κ3) is 2.80. The topological polar surface area (TPSA) is 37.3 Å². The number of fused-ring (bicyclic) bond motifs is 2. The quantitative estimate of drug-likeness (QED) is 0.583. The molecule has 3 nitrogen and oxygen atoms in total. The molecule has 1 N–H and O–H groups in total. The molecule has 4 rings (SSSR count). The van der Waals surface area contributed by atoms with Gasteiger partial charge < -0.3 is 0 Å². The van der Waals surface area contributed by atoms with Gasteiger partial charge in [0, 0.05) is 17.2 Å². The highest BCUT2D eigenvalue weighted by Crippen LogP contribution is 2.58. The average molecular weight is 337 g/mol. The van der Waals surface area contributed by atoms with Gasteiger partial charge in [-0.1, -0.05) is 49.8 Å². The Bertz CT molecular complexity index is 773. The van der Waals surface area contributed by atoms with Gasteiger partial charge in [-0.2, -0.15) is 5.10 Å². The summed E-state index contributed by atoms with van der Waals surface area (Å²) in [5.74, 6) is 1.64. The first-order valence-electron chi connectivity index (χ1n) is 8.65. The Morgan fingerprint density at radius 1 is 1.25 bits per heavy atom. The highest BCUT2D eigenvalue weighted by Gasteiger charge is 2.48. The SMILES string of the molecule is CC1(C)C(=CC=NNc2nc(-c3ccccc3)cs2)C2CCC1C2. The molecule has 2 aromatic rings. The van der Waals surface area contributed by atoms with Crippen LogP contribution in [0.3, 0.4) is 0 Å². The smallest absolute Gasteiger partial charge is 0.203 e. The van der Waals surface area contributed by atoms with Crippen LogP contribution in [-0.4, -0.2) is 11.2 Å². The molecule has 4 heteroatoms. The number of anilines is 1. The number of benzene rings is 1. The number of nitrogens with one attached hydrogen (secondary N) is 1. The minimum absolute atomic E-state index is 0.344. The number of allylic oxidation sites excluding steroid dienone is 2.